The molecule has 0 aliphatic rings. The Hall–Kier alpha value is -2.54. The Morgan fingerprint density at radius 2 is 1.96 bits per heavy atom. The number of para-hydroxylation sites is 1. The second-order valence-corrected chi connectivity index (χ2v) is 5.98. The van der Waals surface area contributed by atoms with Gasteiger partial charge >= 0.3 is 6.18 Å². The molecule has 1 N–H and O–H groups in total. The minimum Gasteiger partial charge on any atom is -0.335 e. The molecule has 3 rings (SSSR count). The largest absolute Gasteiger partial charge is 0.418 e. The molecule has 4 nitrogen and oxygen atoms in total. The van der Waals surface area contributed by atoms with Gasteiger partial charge in [0.2, 0.25) is 0 Å². The fraction of sp³-hybridized carbons (Fsp3) is 0.176. The molecule has 130 valence electrons. The first-order valence-electron chi connectivity index (χ1n) is 7.28. The standard InChI is InChI=1S/C17H13ClF3N3O/c1-9-8-24(2)15-13(9)14(18)10(7-22-15)16(25)23-12-6-4-3-5-11(12)17(19,20)21/h3-8H,1-2H3,(H,23,25). The highest BCUT2D eigenvalue weighted by Gasteiger charge is 2.33. The number of fused-ring (bicyclic) bond motifs is 1. The van der Waals surface area contributed by atoms with Crippen LogP contribution in [0.5, 0.6) is 0 Å². The number of alkyl halides is 3. The molecule has 0 aliphatic heterocycles. The monoisotopic (exact) mass is 367 g/mol. The number of nitrogens with zero attached hydrogens (tertiary/aromatic N) is 2. The molecule has 1 aromatic carbocycles. The minimum absolute atomic E-state index is 0.0143. The molecule has 0 aliphatic carbocycles. The number of carbonyl (C=O) groups is 1. The van der Waals surface area contributed by atoms with Crippen molar-refractivity contribution in [3.8, 4) is 0 Å². The molecular formula is C17H13ClF3N3O. The number of hydrogen-bond donors (Lipinski definition) is 1. The van der Waals surface area contributed by atoms with Gasteiger partial charge in [-0.25, -0.2) is 4.98 Å². The fourth-order valence-corrected chi connectivity index (χ4v) is 3.07. The smallest absolute Gasteiger partial charge is 0.335 e. The lowest BCUT2D eigenvalue weighted by atomic mass is 10.1. The lowest BCUT2D eigenvalue weighted by Gasteiger charge is -2.14. The first kappa shape index (κ1) is 17.3. The lowest BCUT2D eigenvalue weighted by molar-refractivity contribution is -0.136. The molecule has 2 aromatic heterocycles. The van der Waals surface area contributed by atoms with E-state index in [9.17, 15) is 18.0 Å². The minimum atomic E-state index is -4.58. The predicted molar refractivity (Wildman–Crippen MR) is 89.9 cm³/mol. The summed E-state index contributed by atoms with van der Waals surface area (Å²) in [6, 6.07) is 4.76. The van der Waals surface area contributed by atoms with Gasteiger partial charge in [0.05, 0.1) is 21.8 Å². The van der Waals surface area contributed by atoms with Gasteiger partial charge in [0, 0.05) is 24.8 Å². The number of hydrogen-bond acceptors (Lipinski definition) is 2. The molecule has 0 atom stereocenters. The molecular weight excluding hydrogens is 355 g/mol. The number of aromatic nitrogens is 2. The zero-order valence-electron chi connectivity index (χ0n) is 13.3. The zero-order chi connectivity index (χ0) is 18.4. The maximum Gasteiger partial charge on any atom is 0.418 e. The summed E-state index contributed by atoms with van der Waals surface area (Å²) in [5.41, 5.74) is 0.167. The van der Waals surface area contributed by atoms with Crippen LogP contribution in [0.1, 0.15) is 21.5 Å². The Morgan fingerprint density at radius 1 is 1.28 bits per heavy atom. The van der Waals surface area contributed by atoms with E-state index in [2.05, 4.69) is 10.3 Å². The van der Waals surface area contributed by atoms with Gasteiger partial charge in [0.1, 0.15) is 5.65 Å². The molecule has 0 fully saturated rings. The SMILES string of the molecule is Cc1cn(C)c2ncc(C(=O)Nc3ccccc3C(F)(F)F)c(Cl)c12. The van der Waals surface area contributed by atoms with Crippen molar-refractivity contribution < 1.29 is 18.0 Å². The van der Waals surface area contributed by atoms with Crippen molar-refractivity contribution in [2.45, 2.75) is 13.1 Å². The van der Waals surface area contributed by atoms with Gasteiger partial charge in [0.25, 0.3) is 5.91 Å². The number of nitrogens with one attached hydrogen (secondary N) is 1. The average Bonchev–Trinajstić information content (AvgIpc) is 2.82. The summed E-state index contributed by atoms with van der Waals surface area (Å²) in [7, 11) is 1.79. The Balaban J connectivity index is 2.02. The average molecular weight is 368 g/mol. The van der Waals surface area contributed by atoms with Crippen molar-refractivity contribution in [3.05, 3.63) is 58.4 Å². The maximum absolute atomic E-state index is 13.1. The molecule has 1 amide bonds. The van der Waals surface area contributed by atoms with Crippen molar-refractivity contribution in [1.82, 2.24) is 9.55 Å². The number of amides is 1. The molecule has 2 heterocycles. The van der Waals surface area contributed by atoms with Gasteiger partial charge in [-0.2, -0.15) is 13.2 Å². The van der Waals surface area contributed by atoms with Crippen molar-refractivity contribution in [2.24, 2.45) is 7.05 Å². The third-order valence-corrected chi connectivity index (χ3v) is 4.23. The van der Waals surface area contributed by atoms with Gasteiger partial charge in [-0.3, -0.25) is 4.79 Å². The molecule has 0 unspecified atom stereocenters. The maximum atomic E-state index is 13.1. The number of aryl methyl sites for hydroxylation is 2. The topological polar surface area (TPSA) is 46.9 Å². The third kappa shape index (κ3) is 3.07. The summed E-state index contributed by atoms with van der Waals surface area (Å²) in [6.45, 7) is 1.82. The lowest BCUT2D eigenvalue weighted by Crippen LogP contribution is -2.17. The summed E-state index contributed by atoms with van der Waals surface area (Å²) >= 11 is 6.31. The Morgan fingerprint density at radius 3 is 2.64 bits per heavy atom. The Kier molecular flexibility index (Phi) is 4.20. The van der Waals surface area contributed by atoms with Crippen LogP contribution in [-0.2, 0) is 13.2 Å². The van der Waals surface area contributed by atoms with E-state index in [1.54, 1.807) is 11.6 Å². The Bertz CT molecular complexity index is 979. The number of anilines is 1. The molecule has 25 heavy (non-hydrogen) atoms. The van der Waals surface area contributed by atoms with Gasteiger partial charge in [0.15, 0.2) is 0 Å². The predicted octanol–water partition coefficient (Wildman–Crippen LogP) is 4.81. The molecule has 3 aromatic rings. The Labute approximate surface area is 146 Å². The van der Waals surface area contributed by atoms with Gasteiger partial charge in [-0.1, -0.05) is 23.7 Å². The zero-order valence-corrected chi connectivity index (χ0v) is 14.0. The van der Waals surface area contributed by atoms with Crippen LogP contribution in [0.25, 0.3) is 11.0 Å². The molecule has 0 bridgehead atoms. The van der Waals surface area contributed by atoms with Crippen molar-refractivity contribution in [3.63, 3.8) is 0 Å². The summed E-state index contributed by atoms with van der Waals surface area (Å²) in [5.74, 6) is -0.751. The second kappa shape index (κ2) is 6.07. The quantitative estimate of drug-likeness (QED) is 0.706. The molecule has 0 spiro atoms. The van der Waals surface area contributed by atoms with Crippen molar-refractivity contribution in [1.29, 1.82) is 0 Å². The molecule has 0 saturated carbocycles. The number of pyridine rings is 1. The highest BCUT2D eigenvalue weighted by Crippen LogP contribution is 2.35. The van der Waals surface area contributed by atoms with E-state index in [0.29, 0.717) is 11.0 Å². The summed E-state index contributed by atoms with van der Waals surface area (Å²) in [5, 5.41) is 3.03. The van der Waals surface area contributed by atoms with E-state index in [4.69, 9.17) is 11.6 Å². The van der Waals surface area contributed by atoms with Crippen LogP contribution in [0.4, 0.5) is 18.9 Å². The highest BCUT2D eigenvalue weighted by molar-refractivity contribution is 6.39. The van der Waals surface area contributed by atoms with Crippen LogP contribution in [0.2, 0.25) is 5.02 Å². The van der Waals surface area contributed by atoms with Crippen molar-refractivity contribution in [2.75, 3.05) is 5.32 Å². The first-order chi connectivity index (χ1) is 11.7. The summed E-state index contributed by atoms with van der Waals surface area (Å²) in [6.07, 6.45) is -1.51. The van der Waals surface area contributed by atoms with Crippen LogP contribution in [-0.4, -0.2) is 15.5 Å². The molecule has 0 saturated heterocycles. The number of benzene rings is 1. The normalized spacial score (nSPS) is 11.8. The van der Waals surface area contributed by atoms with Crippen LogP contribution in [0.3, 0.4) is 0 Å². The number of rotatable bonds is 2. The third-order valence-electron chi connectivity index (χ3n) is 3.84. The van der Waals surface area contributed by atoms with Gasteiger partial charge in [-0.05, 0) is 24.6 Å². The van der Waals surface area contributed by atoms with Crippen LogP contribution < -0.4 is 5.32 Å². The van der Waals surface area contributed by atoms with E-state index < -0.39 is 17.6 Å². The first-order valence-corrected chi connectivity index (χ1v) is 7.65. The molecule has 0 radical (unpaired) electrons. The number of carbonyl (C=O) groups excluding carboxylic acids is 1. The van der Waals surface area contributed by atoms with E-state index >= 15 is 0 Å². The van der Waals surface area contributed by atoms with E-state index in [1.807, 2.05) is 13.1 Å². The molecule has 8 heteroatoms. The van der Waals surface area contributed by atoms with E-state index in [0.717, 1.165) is 11.6 Å². The fourth-order valence-electron chi connectivity index (χ4n) is 2.70. The van der Waals surface area contributed by atoms with Crippen LogP contribution in [0.15, 0.2) is 36.7 Å². The highest BCUT2D eigenvalue weighted by atomic mass is 35.5. The van der Waals surface area contributed by atoms with E-state index in [-0.39, 0.29) is 16.3 Å². The van der Waals surface area contributed by atoms with Gasteiger partial charge in [-0.15, -0.1) is 0 Å². The van der Waals surface area contributed by atoms with Gasteiger partial charge < -0.3 is 9.88 Å². The summed E-state index contributed by atoms with van der Waals surface area (Å²) < 4.78 is 40.9. The van der Waals surface area contributed by atoms with Crippen LogP contribution >= 0.6 is 11.6 Å². The second-order valence-electron chi connectivity index (χ2n) is 5.60. The number of halogens is 4. The summed E-state index contributed by atoms with van der Waals surface area (Å²) in [4.78, 5) is 16.7. The van der Waals surface area contributed by atoms with Crippen LogP contribution in [0, 0.1) is 6.92 Å². The van der Waals surface area contributed by atoms with Crippen molar-refractivity contribution >= 4 is 34.2 Å². The van der Waals surface area contributed by atoms with E-state index in [1.165, 1.54) is 24.4 Å².